The molecular formula is C13H23N3S. The summed E-state index contributed by atoms with van der Waals surface area (Å²) in [6.45, 7) is 9.30. The Balaban J connectivity index is 2.05. The number of rotatable bonds is 4. The fraction of sp³-hybridized carbons (Fsp3) is 0.769. The van der Waals surface area contributed by atoms with Crippen LogP contribution in [-0.2, 0) is 6.54 Å². The van der Waals surface area contributed by atoms with Crippen LogP contribution in [0.1, 0.15) is 44.9 Å². The van der Waals surface area contributed by atoms with Crippen molar-refractivity contribution in [3.05, 3.63) is 11.1 Å². The van der Waals surface area contributed by atoms with Gasteiger partial charge in [-0.25, -0.2) is 4.98 Å². The largest absolute Gasteiger partial charge is 0.375 e. The molecule has 2 N–H and O–H groups in total. The van der Waals surface area contributed by atoms with Crippen LogP contribution < -0.4 is 5.73 Å². The lowest BCUT2D eigenvalue weighted by molar-refractivity contribution is 0.116. The van der Waals surface area contributed by atoms with E-state index in [0.29, 0.717) is 16.6 Å². The summed E-state index contributed by atoms with van der Waals surface area (Å²) in [5.41, 5.74) is 6.10. The van der Waals surface area contributed by atoms with E-state index in [1.165, 1.54) is 30.7 Å². The first-order chi connectivity index (χ1) is 8.03. The zero-order valence-electron chi connectivity index (χ0n) is 11.1. The summed E-state index contributed by atoms with van der Waals surface area (Å²) >= 11 is 1.62. The predicted octanol–water partition coefficient (Wildman–Crippen LogP) is 3.13. The number of anilines is 1. The lowest BCUT2D eigenvalue weighted by atomic mass is 9.80. The molecular weight excluding hydrogens is 230 g/mol. The van der Waals surface area contributed by atoms with Crippen LogP contribution >= 0.6 is 11.3 Å². The summed E-state index contributed by atoms with van der Waals surface area (Å²) in [6.07, 6.45) is 5.81. The summed E-state index contributed by atoms with van der Waals surface area (Å²) < 4.78 is 0. The lowest BCUT2D eigenvalue weighted by Crippen LogP contribution is -2.40. The standard InChI is InChI=1S/C13H23N3S/c1-4-13(2,3)11-6-5-7-16(11)9-10-8-15-12(14)17-10/h8,11H,4-7,9H2,1-3H3,(H2,14,15). The molecule has 2 rings (SSSR count). The van der Waals surface area contributed by atoms with Gasteiger partial charge in [0.1, 0.15) is 0 Å². The van der Waals surface area contributed by atoms with Crippen LogP contribution in [0.2, 0.25) is 0 Å². The van der Waals surface area contributed by atoms with Gasteiger partial charge in [0.05, 0.1) is 0 Å². The molecule has 0 amide bonds. The van der Waals surface area contributed by atoms with Gasteiger partial charge in [-0.15, -0.1) is 11.3 Å². The fourth-order valence-corrected chi connectivity index (χ4v) is 3.44. The van der Waals surface area contributed by atoms with Crippen molar-refractivity contribution < 1.29 is 0 Å². The topological polar surface area (TPSA) is 42.2 Å². The molecule has 1 fully saturated rings. The summed E-state index contributed by atoms with van der Waals surface area (Å²) in [7, 11) is 0. The van der Waals surface area contributed by atoms with E-state index in [1.807, 2.05) is 6.20 Å². The molecule has 1 aliphatic heterocycles. The minimum atomic E-state index is 0.409. The minimum Gasteiger partial charge on any atom is -0.375 e. The van der Waals surface area contributed by atoms with Crippen molar-refractivity contribution in [1.82, 2.24) is 9.88 Å². The Morgan fingerprint density at radius 2 is 2.35 bits per heavy atom. The molecule has 0 spiro atoms. The number of likely N-dealkylation sites (tertiary alicyclic amines) is 1. The molecule has 0 aromatic carbocycles. The Morgan fingerprint density at radius 1 is 1.59 bits per heavy atom. The highest BCUT2D eigenvalue weighted by atomic mass is 32.1. The van der Waals surface area contributed by atoms with Crippen LogP contribution in [0.5, 0.6) is 0 Å². The van der Waals surface area contributed by atoms with Crippen molar-refractivity contribution in [2.24, 2.45) is 5.41 Å². The second kappa shape index (κ2) is 4.94. The zero-order valence-corrected chi connectivity index (χ0v) is 11.9. The van der Waals surface area contributed by atoms with Gasteiger partial charge < -0.3 is 5.73 Å². The molecule has 1 atom stereocenters. The first-order valence-electron chi connectivity index (χ1n) is 6.47. The van der Waals surface area contributed by atoms with E-state index >= 15 is 0 Å². The average molecular weight is 253 g/mol. The van der Waals surface area contributed by atoms with Gasteiger partial charge in [0.2, 0.25) is 0 Å². The molecule has 4 heteroatoms. The van der Waals surface area contributed by atoms with Gasteiger partial charge in [-0.2, -0.15) is 0 Å². The molecule has 0 saturated carbocycles. The Bertz CT molecular complexity index is 372. The van der Waals surface area contributed by atoms with E-state index in [1.54, 1.807) is 11.3 Å². The van der Waals surface area contributed by atoms with Gasteiger partial charge in [-0.1, -0.05) is 20.8 Å². The molecule has 0 radical (unpaired) electrons. The fourth-order valence-electron chi connectivity index (χ4n) is 2.73. The van der Waals surface area contributed by atoms with Gasteiger partial charge in [-0.05, 0) is 31.2 Å². The number of nitrogens with zero attached hydrogens (tertiary/aromatic N) is 2. The summed E-state index contributed by atoms with van der Waals surface area (Å²) in [5.74, 6) is 0. The highest BCUT2D eigenvalue weighted by Gasteiger charge is 2.35. The van der Waals surface area contributed by atoms with Crippen molar-refractivity contribution in [2.45, 2.75) is 52.6 Å². The van der Waals surface area contributed by atoms with Crippen LogP contribution in [0.4, 0.5) is 5.13 Å². The van der Waals surface area contributed by atoms with E-state index in [0.717, 1.165) is 6.54 Å². The van der Waals surface area contributed by atoms with Crippen molar-refractivity contribution >= 4 is 16.5 Å². The molecule has 0 aliphatic carbocycles. The number of nitrogen functional groups attached to an aromatic ring is 1. The first-order valence-corrected chi connectivity index (χ1v) is 7.29. The van der Waals surface area contributed by atoms with Crippen molar-refractivity contribution in [2.75, 3.05) is 12.3 Å². The van der Waals surface area contributed by atoms with Gasteiger partial charge in [0, 0.05) is 23.7 Å². The smallest absolute Gasteiger partial charge is 0.180 e. The van der Waals surface area contributed by atoms with Crippen molar-refractivity contribution in [3.8, 4) is 0 Å². The average Bonchev–Trinajstić information content (AvgIpc) is 2.89. The second-order valence-electron chi connectivity index (χ2n) is 5.64. The quantitative estimate of drug-likeness (QED) is 0.896. The van der Waals surface area contributed by atoms with Crippen LogP contribution in [0.25, 0.3) is 0 Å². The third-order valence-corrected chi connectivity index (χ3v) is 4.92. The Morgan fingerprint density at radius 3 is 2.94 bits per heavy atom. The molecule has 1 unspecified atom stereocenters. The summed E-state index contributed by atoms with van der Waals surface area (Å²) in [6, 6.07) is 0.704. The normalized spacial score (nSPS) is 22.2. The van der Waals surface area contributed by atoms with Crippen molar-refractivity contribution in [3.63, 3.8) is 0 Å². The van der Waals surface area contributed by atoms with Crippen LogP contribution in [-0.4, -0.2) is 22.5 Å². The molecule has 3 nitrogen and oxygen atoms in total. The van der Waals surface area contributed by atoms with Crippen LogP contribution in [0.3, 0.4) is 0 Å². The van der Waals surface area contributed by atoms with Crippen LogP contribution in [0.15, 0.2) is 6.20 Å². The number of hydrogen-bond donors (Lipinski definition) is 1. The third kappa shape index (κ3) is 2.80. The van der Waals surface area contributed by atoms with E-state index in [4.69, 9.17) is 5.73 Å². The number of thiazole rings is 1. The number of nitrogens with two attached hydrogens (primary N) is 1. The molecule has 0 bridgehead atoms. The minimum absolute atomic E-state index is 0.409. The van der Waals surface area contributed by atoms with Gasteiger partial charge in [0.15, 0.2) is 5.13 Å². The molecule has 1 aromatic rings. The molecule has 1 aromatic heterocycles. The molecule has 96 valence electrons. The maximum absolute atomic E-state index is 5.69. The highest BCUT2D eigenvalue weighted by molar-refractivity contribution is 7.15. The maximum Gasteiger partial charge on any atom is 0.180 e. The lowest BCUT2D eigenvalue weighted by Gasteiger charge is -2.37. The van der Waals surface area contributed by atoms with E-state index < -0.39 is 0 Å². The van der Waals surface area contributed by atoms with E-state index in [2.05, 4.69) is 30.7 Å². The first kappa shape index (κ1) is 12.8. The van der Waals surface area contributed by atoms with E-state index in [-0.39, 0.29) is 0 Å². The van der Waals surface area contributed by atoms with Crippen molar-refractivity contribution in [1.29, 1.82) is 0 Å². The number of hydrogen-bond acceptors (Lipinski definition) is 4. The molecule has 2 heterocycles. The Labute approximate surface area is 108 Å². The third-order valence-electron chi connectivity index (χ3n) is 4.11. The maximum atomic E-state index is 5.69. The van der Waals surface area contributed by atoms with Crippen LogP contribution in [0, 0.1) is 5.41 Å². The van der Waals surface area contributed by atoms with Gasteiger partial charge in [0.25, 0.3) is 0 Å². The molecule has 17 heavy (non-hydrogen) atoms. The molecule has 1 aliphatic rings. The monoisotopic (exact) mass is 253 g/mol. The Kier molecular flexibility index (Phi) is 3.73. The summed E-state index contributed by atoms with van der Waals surface area (Å²) in [4.78, 5) is 8.04. The predicted molar refractivity (Wildman–Crippen MR) is 74.0 cm³/mol. The summed E-state index contributed by atoms with van der Waals surface area (Å²) in [5, 5.41) is 0.686. The Hall–Kier alpha value is -0.610. The second-order valence-corrected chi connectivity index (χ2v) is 6.78. The van der Waals surface area contributed by atoms with Gasteiger partial charge in [-0.3, -0.25) is 4.90 Å². The van der Waals surface area contributed by atoms with E-state index in [9.17, 15) is 0 Å². The highest BCUT2D eigenvalue weighted by Crippen LogP contribution is 2.36. The molecule has 1 saturated heterocycles. The van der Waals surface area contributed by atoms with Gasteiger partial charge >= 0.3 is 0 Å². The SMILES string of the molecule is CCC(C)(C)C1CCCN1Cc1cnc(N)s1. The number of aromatic nitrogens is 1. The zero-order chi connectivity index (χ0) is 12.5.